The van der Waals surface area contributed by atoms with Crippen molar-refractivity contribution < 1.29 is 0 Å². The number of nitrogens with two attached hydrogens (primary N) is 1. The number of fused-ring (bicyclic) bond motifs is 1. The smallest absolute Gasteiger partial charge is 0.0515 e. The molecule has 0 aliphatic rings. The van der Waals surface area contributed by atoms with E-state index in [0.717, 1.165) is 28.7 Å². The maximum atomic E-state index is 6.11. The first kappa shape index (κ1) is 13.3. The number of nitrogen functional groups attached to an aromatic ring is 1. The number of hydrogen-bond donors (Lipinski definition) is 1. The zero-order valence-electron chi connectivity index (χ0n) is 11.4. The summed E-state index contributed by atoms with van der Waals surface area (Å²) in [6.07, 6.45) is 3.18. The van der Waals surface area contributed by atoms with Crippen LogP contribution < -0.4 is 5.73 Å². The number of rotatable bonds is 3. The van der Waals surface area contributed by atoms with E-state index in [4.69, 9.17) is 5.73 Å². The van der Waals surface area contributed by atoms with Crippen LogP contribution in [0.2, 0.25) is 0 Å². The van der Waals surface area contributed by atoms with E-state index in [9.17, 15) is 0 Å². The average molecular weight is 329 g/mol. The molecule has 0 saturated carbocycles. The topological polar surface area (TPSA) is 30.9 Å². The molecule has 2 nitrogen and oxygen atoms in total. The van der Waals surface area contributed by atoms with Crippen LogP contribution in [0, 0.1) is 0 Å². The summed E-state index contributed by atoms with van der Waals surface area (Å²) in [6.45, 7) is 3.00. The van der Waals surface area contributed by atoms with E-state index in [0.29, 0.717) is 0 Å². The van der Waals surface area contributed by atoms with E-state index < -0.39 is 0 Å². The largest absolute Gasteiger partial charge is 0.398 e. The Bertz CT molecular complexity index is 759. The van der Waals surface area contributed by atoms with Crippen LogP contribution in [0.3, 0.4) is 0 Å². The van der Waals surface area contributed by atoms with Gasteiger partial charge in [-0.2, -0.15) is 0 Å². The third kappa shape index (κ3) is 2.34. The Labute approximate surface area is 127 Å². The molecule has 0 fully saturated rings. The van der Waals surface area contributed by atoms with Crippen molar-refractivity contribution in [2.45, 2.75) is 19.9 Å². The van der Waals surface area contributed by atoms with Crippen LogP contribution in [-0.4, -0.2) is 4.57 Å². The molecule has 20 heavy (non-hydrogen) atoms. The summed E-state index contributed by atoms with van der Waals surface area (Å²) in [5.41, 5.74) is 10.8. The maximum absolute atomic E-state index is 6.11. The van der Waals surface area contributed by atoms with E-state index in [1.807, 2.05) is 12.1 Å². The lowest BCUT2D eigenvalue weighted by atomic mass is 10.1. The number of hydrogen-bond acceptors (Lipinski definition) is 1. The van der Waals surface area contributed by atoms with Gasteiger partial charge in [-0.1, -0.05) is 47.1 Å². The summed E-state index contributed by atoms with van der Waals surface area (Å²) < 4.78 is 3.30. The van der Waals surface area contributed by atoms with Crippen LogP contribution in [0.5, 0.6) is 0 Å². The monoisotopic (exact) mass is 328 g/mol. The first-order chi connectivity index (χ1) is 9.69. The Balaban J connectivity index is 2.06. The number of aromatic nitrogens is 1. The molecule has 3 rings (SSSR count). The lowest BCUT2D eigenvalue weighted by Gasteiger charge is -2.11. The van der Waals surface area contributed by atoms with Crippen LogP contribution in [0.15, 0.2) is 53.1 Å². The molecule has 102 valence electrons. The molecule has 2 N–H and O–H groups in total. The highest BCUT2D eigenvalue weighted by molar-refractivity contribution is 9.10. The molecule has 0 bridgehead atoms. The van der Waals surface area contributed by atoms with Gasteiger partial charge in [0.25, 0.3) is 0 Å². The summed E-state index contributed by atoms with van der Waals surface area (Å²) in [7, 11) is 0. The van der Waals surface area contributed by atoms with Crippen LogP contribution in [-0.2, 0) is 13.0 Å². The Morgan fingerprint density at radius 2 is 1.95 bits per heavy atom. The highest BCUT2D eigenvalue weighted by atomic mass is 79.9. The van der Waals surface area contributed by atoms with Gasteiger partial charge in [0.2, 0.25) is 0 Å². The number of nitrogens with zero attached hydrogens (tertiary/aromatic N) is 1. The minimum atomic E-state index is 0.805. The molecule has 0 amide bonds. The predicted molar refractivity (Wildman–Crippen MR) is 89.0 cm³/mol. The van der Waals surface area contributed by atoms with Crippen molar-refractivity contribution in [1.29, 1.82) is 0 Å². The number of anilines is 1. The van der Waals surface area contributed by atoms with E-state index in [-0.39, 0.29) is 0 Å². The molecule has 1 aromatic heterocycles. The zero-order valence-corrected chi connectivity index (χ0v) is 13.0. The van der Waals surface area contributed by atoms with Crippen molar-refractivity contribution in [3.05, 3.63) is 64.3 Å². The van der Waals surface area contributed by atoms with Gasteiger partial charge in [-0.15, -0.1) is 0 Å². The molecule has 0 spiro atoms. The number of benzene rings is 2. The maximum Gasteiger partial charge on any atom is 0.0515 e. The van der Waals surface area contributed by atoms with Crippen molar-refractivity contribution in [3.8, 4) is 0 Å². The molecule has 2 aromatic carbocycles. The SMILES string of the molecule is CCc1cccc2ccn(Cc3ccc(Br)cc3N)c12. The third-order valence-electron chi connectivity index (χ3n) is 3.70. The molecular weight excluding hydrogens is 312 g/mol. The fraction of sp³-hybridized carbons (Fsp3) is 0.176. The normalized spacial score (nSPS) is 11.1. The second-order valence-corrected chi connectivity index (χ2v) is 5.91. The highest BCUT2D eigenvalue weighted by Crippen LogP contribution is 2.24. The standard InChI is InChI=1S/C17H17BrN2/c1-2-12-4-3-5-13-8-9-20(17(12)13)11-14-6-7-15(18)10-16(14)19/h3-10H,2,11,19H2,1H3. The molecule has 0 unspecified atom stereocenters. The number of halogens is 1. The van der Waals surface area contributed by atoms with Gasteiger partial charge < -0.3 is 10.3 Å². The van der Waals surface area contributed by atoms with E-state index in [1.54, 1.807) is 0 Å². The van der Waals surface area contributed by atoms with Crippen molar-refractivity contribution >= 4 is 32.5 Å². The lowest BCUT2D eigenvalue weighted by Crippen LogP contribution is -2.03. The second kappa shape index (κ2) is 5.33. The van der Waals surface area contributed by atoms with Crippen molar-refractivity contribution in [2.75, 3.05) is 5.73 Å². The van der Waals surface area contributed by atoms with Gasteiger partial charge in [0.05, 0.1) is 5.52 Å². The van der Waals surface area contributed by atoms with Gasteiger partial charge in [0, 0.05) is 22.9 Å². The number of aryl methyl sites for hydroxylation is 1. The molecular formula is C17H17BrN2. The van der Waals surface area contributed by atoms with Gasteiger partial charge in [-0.05, 0) is 41.1 Å². The fourth-order valence-electron chi connectivity index (χ4n) is 2.65. The van der Waals surface area contributed by atoms with Crippen molar-refractivity contribution in [2.24, 2.45) is 0 Å². The van der Waals surface area contributed by atoms with Gasteiger partial charge in [-0.3, -0.25) is 0 Å². The molecule has 0 atom stereocenters. The summed E-state index contributed by atoms with van der Waals surface area (Å²) in [6, 6.07) is 14.7. The van der Waals surface area contributed by atoms with E-state index in [1.165, 1.54) is 16.5 Å². The summed E-state index contributed by atoms with van der Waals surface area (Å²) in [5, 5.41) is 1.29. The van der Waals surface area contributed by atoms with Gasteiger partial charge >= 0.3 is 0 Å². The molecule has 0 saturated heterocycles. The average Bonchev–Trinajstić information content (AvgIpc) is 2.85. The van der Waals surface area contributed by atoms with Crippen LogP contribution in [0.25, 0.3) is 10.9 Å². The first-order valence-electron chi connectivity index (χ1n) is 6.79. The van der Waals surface area contributed by atoms with Crippen molar-refractivity contribution in [1.82, 2.24) is 4.57 Å². The minimum Gasteiger partial charge on any atom is -0.398 e. The molecule has 3 heteroatoms. The van der Waals surface area contributed by atoms with Crippen molar-refractivity contribution in [3.63, 3.8) is 0 Å². The summed E-state index contributed by atoms with van der Waals surface area (Å²) in [4.78, 5) is 0. The van der Waals surface area contributed by atoms with E-state index >= 15 is 0 Å². The Morgan fingerprint density at radius 3 is 2.70 bits per heavy atom. The molecule has 3 aromatic rings. The molecule has 0 radical (unpaired) electrons. The predicted octanol–water partition coefficient (Wildman–Crippen LogP) is 4.60. The highest BCUT2D eigenvalue weighted by Gasteiger charge is 2.07. The first-order valence-corrected chi connectivity index (χ1v) is 7.59. The van der Waals surface area contributed by atoms with Crippen LogP contribution in [0.1, 0.15) is 18.1 Å². The minimum absolute atomic E-state index is 0.805. The second-order valence-electron chi connectivity index (χ2n) is 5.00. The number of para-hydroxylation sites is 1. The quantitative estimate of drug-likeness (QED) is 0.700. The zero-order chi connectivity index (χ0) is 14.1. The molecule has 0 aliphatic heterocycles. The van der Waals surface area contributed by atoms with Crippen LogP contribution in [0.4, 0.5) is 5.69 Å². The van der Waals surface area contributed by atoms with E-state index in [2.05, 4.69) is 63.9 Å². The third-order valence-corrected chi connectivity index (χ3v) is 4.19. The van der Waals surface area contributed by atoms with Gasteiger partial charge in [0.15, 0.2) is 0 Å². The lowest BCUT2D eigenvalue weighted by molar-refractivity contribution is 0.833. The fourth-order valence-corrected chi connectivity index (χ4v) is 3.03. The van der Waals surface area contributed by atoms with Crippen LogP contribution >= 0.6 is 15.9 Å². The molecule has 1 heterocycles. The van der Waals surface area contributed by atoms with Gasteiger partial charge in [-0.25, -0.2) is 0 Å². The summed E-state index contributed by atoms with van der Waals surface area (Å²) >= 11 is 3.45. The Hall–Kier alpha value is -1.74. The van der Waals surface area contributed by atoms with Gasteiger partial charge in [0.1, 0.15) is 0 Å². The molecule has 0 aliphatic carbocycles. The Morgan fingerprint density at radius 1 is 1.10 bits per heavy atom. The Kier molecular flexibility index (Phi) is 3.53. The summed E-state index contributed by atoms with van der Waals surface area (Å²) in [5.74, 6) is 0.